The molecule has 3 aromatic heterocycles. The van der Waals surface area contributed by atoms with Crippen LogP contribution in [0.2, 0.25) is 0 Å². The van der Waals surface area contributed by atoms with Gasteiger partial charge in [-0.15, -0.1) is 11.3 Å². The molecule has 3 atom stereocenters. The Morgan fingerprint density at radius 1 is 1.26 bits per heavy atom. The highest BCUT2D eigenvalue weighted by Crippen LogP contribution is 2.39. The van der Waals surface area contributed by atoms with E-state index >= 15 is 0 Å². The maximum Gasteiger partial charge on any atom is 0.420 e. The second kappa shape index (κ2) is 9.40. The quantitative estimate of drug-likeness (QED) is 0.462. The van der Waals surface area contributed by atoms with Crippen molar-refractivity contribution in [2.75, 3.05) is 18.4 Å². The number of piperidine rings is 1. The van der Waals surface area contributed by atoms with Crippen LogP contribution in [0.15, 0.2) is 29.7 Å². The predicted molar refractivity (Wildman–Crippen MR) is 118 cm³/mol. The van der Waals surface area contributed by atoms with Gasteiger partial charge in [-0.2, -0.15) is 22.6 Å². The Balaban J connectivity index is 1.54. The minimum absolute atomic E-state index is 0.0185. The molecule has 1 fully saturated rings. The van der Waals surface area contributed by atoms with Gasteiger partial charge in [0.1, 0.15) is 27.7 Å². The van der Waals surface area contributed by atoms with Crippen molar-refractivity contribution in [1.29, 1.82) is 0 Å². The van der Waals surface area contributed by atoms with Crippen LogP contribution in [0.5, 0.6) is 0 Å². The van der Waals surface area contributed by atoms with Crippen molar-refractivity contribution in [2.24, 2.45) is 7.05 Å². The van der Waals surface area contributed by atoms with Crippen molar-refractivity contribution in [3.63, 3.8) is 0 Å². The van der Waals surface area contributed by atoms with Crippen molar-refractivity contribution in [2.45, 2.75) is 42.7 Å². The average molecular weight is 536 g/mol. The first-order valence-corrected chi connectivity index (χ1v) is 12.6. The van der Waals surface area contributed by atoms with Crippen molar-refractivity contribution in [1.82, 2.24) is 29.0 Å². The maximum absolute atomic E-state index is 15.0. The second-order valence-corrected chi connectivity index (χ2v) is 11.0. The van der Waals surface area contributed by atoms with Crippen LogP contribution in [0, 0.1) is 0 Å². The van der Waals surface area contributed by atoms with Gasteiger partial charge in [0.25, 0.3) is 0 Å². The number of anilines is 1. The second-order valence-electron chi connectivity index (χ2n) is 7.96. The van der Waals surface area contributed by atoms with E-state index in [1.165, 1.54) is 30.2 Å². The molecule has 190 valence electrons. The topological polar surface area (TPSA) is 126 Å². The standard InChI is InChI=1S/C19H21F4N7O3S2/c1-10(31)17-24-7-15(34-17)16-12(19(21,22)23)6-25-18(28-16)27-14-3-4-30(9-13(14)20)35(32,33)11-5-26-29(2)8-11/h5-8,10,13-14,31H,3-4,9H2,1-2H3,(H,25,27,28)/t10?,13-,14+/m0/s1. The summed E-state index contributed by atoms with van der Waals surface area (Å²) in [7, 11) is -2.38. The summed E-state index contributed by atoms with van der Waals surface area (Å²) in [6.45, 7) is 0.965. The highest BCUT2D eigenvalue weighted by molar-refractivity contribution is 7.89. The number of hydrogen-bond donors (Lipinski definition) is 2. The zero-order chi connectivity index (χ0) is 25.5. The number of aliphatic hydroxyl groups excluding tert-OH is 1. The van der Waals surface area contributed by atoms with Gasteiger partial charge in [0.05, 0.1) is 22.8 Å². The van der Waals surface area contributed by atoms with E-state index < -0.39 is 52.3 Å². The number of hydrogen-bond acceptors (Lipinski definition) is 9. The molecule has 3 aromatic rings. The molecule has 0 aromatic carbocycles. The number of alkyl halides is 4. The zero-order valence-corrected chi connectivity index (χ0v) is 20.1. The molecular formula is C19H21F4N7O3S2. The van der Waals surface area contributed by atoms with Gasteiger partial charge in [-0.25, -0.2) is 27.8 Å². The highest BCUT2D eigenvalue weighted by Gasteiger charge is 2.38. The number of sulfonamides is 1. The number of halogens is 4. The third-order valence-electron chi connectivity index (χ3n) is 5.35. The number of rotatable bonds is 6. The van der Waals surface area contributed by atoms with E-state index in [0.717, 1.165) is 15.6 Å². The molecule has 0 aliphatic carbocycles. The van der Waals surface area contributed by atoms with Crippen molar-refractivity contribution in [3.8, 4) is 10.6 Å². The lowest BCUT2D eigenvalue weighted by atomic mass is 10.1. The lowest BCUT2D eigenvalue weighted by Gasteiger charge is -2.34. The Morgan fingerprint density at radius 2 is 2.00 bits per heavy atom. The minimum atomic E-state index is -4.75. The Labute approximate surface area is 201 Å². The fourth-order valence-electron chi connectivity index (χ4n) is 3.54. The van der Waals surface area contributed by atoms with E-state index in [1.54, 1.807) is 7.05 Å². The van der Waals surface area contributed by atoms with Gasteiger partial charge in [-0.05, 0) is 13.3 Å². The Kier molecular flexibility index (Phi) is 6.82. The Morgan fingerprint density at radius 3 is 2.57 bits per heavy atom. The third-order valence-corrected chi connectivity index (χ3v) is 8.34. The van der Waals surface area contributed by atoms with Gasteiger partial charge in [0.15, 0.2) is 0 Å². The highest BCUT2D eigenvalue weighted by atomic mass is 32.2. The molecule has 0 spiro atoms. The van der Waals surface area contributed by atoms with Crippen LogP contribution in [-0.2, 0) is 23.2 Å². The fourth-order valence-corrected chi connectivity index (χ4v) is 5.85. The first kappa shape index (κ1) is 25.4. The molecule has 0 bridgehead atoms. The molecule has 1 aliphatic heterocycles. The van der Waals surface area contributed by atoms with Crippen LogP contribution < -0.4 is 5.32 Å². The molecule has 1 unspecified atom stereocenters. The first-order chi connectivity index (χ1) is 16.4. The molecule has 2 N–H and O–H groups in total. The molecule has 4 heterocycles. The van der Waals surface area contributed by atoms with E-state index in [9.17, 15) is 31.1 Å². The Bertz CT molecular complexity index is 1310. The summed E-state index contributed by atoms with van der Waals surface area (Å²) in [4.78, 5) is 11.6. The largest absolute Gasteiger partial charge is 0.420 e. The monoisotopic (exact) mass is 535 g/mol. The molecular weight excluding hydrogens is 514 g/mol. The summed E-state index contributed by atoms with van der Waals surface area (Å²) < 4.78 is 83.4. The van der Waals surface area contributed by atoms with Crippen LogP contribution in [0.1, 0.15) is 30.0 Å². The summed E-state index contributed by atoms with van der Waals surface area (Å²) >= 11 is 0.849. The van der Waals surface area contributed by atoms with Crippen molar-refractivity contribution in [3.05, 3.63) is 35.4 Å². The van der Waals surface area contributed by atoms with Gasteiger partial charge in [0.2, 0.25) is 16.0 Å². The molecule has 10 nitrogen and oxygen atoms in total. The molecule has 16 heteroatoms. The number of nitrogens with zero attached hydrogens (tertiary/aromatic N) is 6. The number of thiazole rings is 1. The summed E-state index contributed by atoms with van der Waals surface area (Å²) in [5, 5.41) is 16.4. The summed E-state index contributed by atoms with van der Waals surface area (Å²) in [5.41, 5.74) is -1.55. The van der Waals surface area contributed by atoms with Gasteiger partial charge >= 0.3 is 6.18 Å². The van der Waals surface area contributed by atoms with E-state index in [4.69, 9.17) is 0 Å². The zero-order valence-electron chi connectivity index (χ0n) is 18.4. The average Bonchev–Trinajstić information content (AvgIpc) is 3.44. The number of aryl methyl sites for hydroxylation is 1. The van der Waals surface area contributed by atoms with E-state index in [-0.39, 0.29) is 33.7 Å². The Hall–Kier alpha value is -2.69. The van der Waals surface area contributed by atoms with Crippen LogP contribution in [0.25, 0.3) is 10.6 Å². The number of aromatic nitrogens is 5. The lowest BCUT2D eigenvalue weighted by molar-refractivity contribution is -0.137. The van der Waals surface area contributed by atoms with Crippen LogP contribution in [0.4, 0.5) is 23.5 Å². The number of aliphatic hydroxyl groups is 1. The third kappa shape index (κ3) is 5.29. The normalized spacial score (nSPS) is 20.7. The summed E-state index contributed by atoms with van der Waals surface area (Å²) in [5.74, 6) is -0.240. The molecule has 1 aliphatic rings. The van der Waals surface area contributed by atoms with Gasteiger partial charge < -0.3 is 10.4 Å². The molecule has 35 heavy (non-hydrogen) atoms. The van der Waals surface area contributed by atoms with Gasteiger partial charge in [-0.1, -0.05) is 0 Å². The van der Waals surface area contributed by atoms with E-state index in [1.807, 2.05) is 0 Å². The number of nitrogens with one attached hydrogen (secondary N) is 1. The fraction of sp³-hybridized carbons (Fsp3) is 0.474. The smallest absolute Gasteiger partial charge is 0.386 e. The predicted octanol–water partition coefficient (Wildman–Crippen LogP) is 2.62. The lowest BCUT2D eigenvalue weighted by Crippen LogP contribution is -2.50. The van der Waals surface area contributed by atoms with Crippen LogP contribution in [-0.4, -0.2) is 67.9 Å². The van der Waals surface area contributed by atoms with Crippen molar-refractivity contribution < 1.29 is 31.1 Å². The maximum atomic E-state index is 15.0. The molecule has 0 saturated carbocycles. The van der Waals surface area contributed by atoms with Crippen LogP contribution in [0.3, 0.4) is 0 Å². The van der Waals surface area contributed by atoms with E-state index in [2.05, 4.69) is 25.4 Å². The van der Waals surface area contributed by atoms with Crippen molar-refractivity contribution >= 4 is 27.3 Å². The van der Waals surface area contributed by atoms with Gasteiger partial charge in [-0.3, -0.25) is 4.68 Å². The summed E-state index contributed by atoms with van der Waals surface area (Å²) in [6, 6.07) is -0.922. The molecule has 0 radical (unpaired) electrons. The van der Waals surface area contributed by atoms with E-state index in [0.29, 0.717) is 6.20 Å². The molecule has 0 amide bonds. The van der Waals surface area contributed by atoms with Crippen LogP contribution >= 0.6 is 11.3 Å². The molecule has 4 rings (SSSR count). The SMILES string of the molecule is CC(O)c1ncc(-c2nc(N[C@@H]3CCN(S(=O)(=O)c4cnn(C)c4)C[C@@H]3F)ncc2C(F)(F)F)s1. The van der Waals surface area contributed by atoms with Gasteiger partial charge in [0, 0.05) is 38.7 Å². The first-order valence-electron chi connectivity index (χ1n) is 10.3. The minimum Gasteiger partial charge on any atom is -0.386 e. The molecule has 1 saturated heterocycles. The summed E-state index contributed by atoms with van der Waals surface area (Å²) in [6.07, 6.45) is -3.10.